The Morgan fingerprint density at radius 2 is 1.54 bits per heavy atom. The summed E-state index contributed by atoms with van der Waals surface area (Å²) in [4.78, 5) is 36.4. The second kappa shape index (κ2) is 32.3. The predicted molar refractivity (Wildman–Crippen MR) is 234 cm³/mol. The minimum Gasteiger partial charge on any atom is -0.462 e. The summed E-state index contributed by atoms with van der Waals surface area (Å²) in [6.07, 6.45) is 3.66. The largest absolute Gasteiger partial charge is 0.472 e. The van der Waals surface area contributed by atoms with Gasteiger partial charge in [0.25, 0.3) is 0 Å². The zero-order valence-electron chi connectivity index (χ0n) is 37.1. The third-order valence-corrected chi connectivity index (χ3v) is 11.9. The summed E-state index contributed by atoms with van der Waals surface area (Å²) in [6.45, 7) is 2.68. The first kappa shape index (κ1) is 56.8. The monoisotopic (exact) mass is 920 g/mol. The number of phosphoric acid groups is 1. The molecule has 2 aliphatic heterocycles. The van der Waals surface area contributed by atoms with Crippen LogP contribution in [0.25, 0.3) is 0 Å². The molecular weight excluding hydrogens is 843 g/mol. The van der Waals surface area contributed by atoms with E-state index in [9.17, 15) is 59.9 Å². The maximum Gasteiger partial charge on any atom is 0.472 e. The fraction of sp³-hybridized carbons (Fsp3) is 0.778. The fourth-order valence-corrected chi connectivity index (χ4v) is 8.11. The van der Waals surface area contributed by atoms with Gasteiger partial charge in [0.05, 0.1) is 24.9 Å². The van der Waals surface area contributed by atoms with Crippen molar-refractivity contribution in [3.63, 3.8) is 0 Å². The van der Waals surface area contributed by atoms with Crippen LogP contribution in [0.4, 0.5) is 0 Å². The van der Waals surface area contributed by atoms with Crippen LogP contribution in [0.2, 0.25) is 0 Å². The Bertz CT molecular complexity index is 1420. The lowest BCUT2D eigenvalue weighted by molar-refractivity contribution is -0.213. The van der Waals surface area contributed by atoms with Crippen molar-refractivity contribution in [1.82, 2.24) is 0 Å². The molecule has 2 bridgehead atoms. The third-order valence-electron chi connectivity index (χ3n) is 10.9. The number of cyclic esters (lactones) is 1. The lowest BCUT2D eigenvalue weighted by atomic mass is 9.83. The number of hydrogen-bond donors (Lipinski definition) is 9. The number of aliphatic hydroxyl groups is 8. The SMILES string of the molecule is CCC/C=C\C/C=C\CCCCCCCC(=O)O[C@@H]1COC(=O)CCCC=CC[C@@H]2[C@@H](O)[C@H](O)[C@@H](O)[C@H](OP(=O)(O)OC1)[C@H](O)[C@H](O)[C@@H](C=C[C@@H](O)CCCCC)OC(O)C[C@@H]2O. The smallest absolute Gasteiger partial charge is 0.462 e. The average molecular weight is 921 g/mol. The highest BCUT2D eigenvalue weighted by Crippen LogP contribution is 2.47. The molecule has 0 aromatic carbocycles. The summed E-state index contributed by atoms with van der Waals surface area (Å²) in [6, 6.07) is 0. The zero-order chi connectivity index (χ0) is 46.6. The Morgan fingerprint density at radius 1 is 0.841 bits per heavy atom. The normalized spacial score (nSPS) is 33.1. The molecule has 0 radical (unpaired) electrons. The molecule has 1 fully saturated rings. The van der Waals surface area contributed by atoms with Crippen LogP contribution in [0.5, 0.6) is 0 Å². The van der Waals surface area contributed by atoms with E-state index in [1.54, 1.807) is 12.2 Å². The highest BCUT2D eigenvalue weighted by Gasteiger charge is 2.48. The van der Waals surface area contributed by atoms with Gasteiger partial charge in [-0.25, -0.2) is 4.57 Å². The number of ether oxygens (including phenoxy) is 3. The molecule has 0 spiro atoms. The first-order valence-electron chi connectivity index (χ1n) is 22.8. The van der Waals surface area contributed by atoms with Gasteiger partial charge in [-0.05, 0) is 57.8 Å². The van der Waals surface area contributed by atoms with Gasteiger partial charge in [-0.15, -0.1) is 0 Å². The van der Waals surface area contributed by atoms with Crippen LogP contribution in [0.1, 0.15) is 136 Å². The molecule has 18 heteroatoms. The summed E-state index contributed by atoms with van der Waals surface area (Å²) in [5.41, 5.74) is 0. The van der Waals surface area contributed by atoms with Crippen molar-refractivity contribution in [2.45, 2.75) is 203 Å². The zero-order valence-corrected chi connectivity index (χ0v) is 38.0. The number of hydrogen-bond acceptors (Lipinski definition) is 16. The number of carbonyl (C=O) groups is 2. The van der Waals surface area contributed by atoms with E-state index in [4.69, 9.17) is 23.3 Å². The van der Waals surface area contributed by atoms with Crippen LogP contribution in [-0.4, -0.2) is 138 Å². The van der Waals surface area contributed by atoms with E-state index in [0.29, 0.717) is 32.1 Å². The van der Waals surface area contributed by atoms with Crippen molar-refractivity contribution in [3.8, 4) is 0 Å². The number of fused-ring (bicyclic) bond motifs is 4. The van der Waals surface area contributed by atoms with E-state index >= 15 is 0 Å². The minimum atomic E-state index is -5.48. The van der Waals surface area contributed by atoms with E-state index in [-0.39, 0.29) is 19.3 Å². The number of carbonyl (C=O) groups excluding carboxylic acids is 2. The van der Waals surface area contributed by atoms with Gasteiger partial charge in [0, 0.05) is 25.2 Å². The molecular formula is C45H77O17P. The summed E-state index contributed by atoms with van der Waals surface area (Å²) in [5.74, 6) is -2.66. The first-order chi connectivity index (χ1) is 30.1. The molecule has 0 aliphatic carbocycles. The predicted octanol–water partition coefficient (Wildman–Crippen LogP) is 4.49. The Morgan fingerprint density at radius 3 is 2.27 bits per heavy atom. The van der Waals surface area contributed by atoms with Gasteiger partial charge < -0.3 is 60.0 Å². The number of phosphoric ester groups is 1. The average Bonchev–Trinajstić information content (AvgIpc) is 3.24. The van der Waals surface area contributed by atoms with Crippen LogP contribution in [0.3, 0.4) is 0 Å². The summed E-state index contributed by atoms with van der Waals surface area (Å²) in [5, 5.41) is 89.3. The van der Waals surface area contributed by atoms with Crippen LogP contribution in [-0.2, 0) is 37.4 Å². The van der Waals surface area contributed by atoms with E-state index in [2.05, 4.69) is 31.2 Å². The van der Waals surface area contributed by atoms with Gasteiger partial charge in [-0.1, -0.05) is 107 Å². The van der Waals surface area contributed by atoms with E-state index in [1.165, 1.54) is 6.08 Å². The Kier molecular flexibility index (Phi) is 29.1. The molecule has 13 atom stereocenters. The number of esters is 2. The Hall–Kier alpha value is -2.35. The van der Waals surface area contributed by atoms with Gasteiger partial charge in [-0.2, -0.15) is 0 Å². The summed E-state index contributed by atoms with van der Waals surface area (Å²) < 4.78 is 40.2. The van der Waals surface area contributed by atoms with E-state index in [0.717, 1.165) is 70.3 Å². The van der Waals surface area contributed by atoms with E-state index in [1.807, 2.05) is 6.92 Å². The topological polar surface area (TPSA) is 279 Å². The molecule has 2 aliphatic rings. The maximum atomic E-state index is 13.5. The number of allylic oxidation sites excluding steroid dienone is 6. The van der Waals surface area contributed by atoms with Crippen LogP contribution in [0, 0.1) is 5.92 Å². The van der Waals surface area contributed by atoms with Gasteiger partial charge in [0.1, 0.15) is 43.2 Å². The van der Waals surface area contributed by atoms with Gasteiger partial charge in [0.15, 0.2) is 12.4 Å². The lowest BCUT2D eigenvalue weighted by Crippen LogP contribution is -2.58. The second-order valence-electron chi connectivity index (χ2n) is 16.4. The van der Waals surface area contributed by atoms with Crippen LogP contribution >= 0.6 is 7.82 Å². The van der Waals surface area contributed by atoms with Crippen molar-refractivity contribution in [3.05, 3.63) is 48.6 Å². The van der Waals surface area contributed by atoms with Crippen molar-refractivity contribution in [2.75, 3.05) is 13.2 Å². The van der Waals surface area contributed by atoms with Gasteiger partial charge in [-0.3, -0.25) is 18.6 Å². The molecule has 0 aromatic rings. The first-order valence-corrected chi connectivity index (χ1v) is 24.3. The summed E-state index contributed by atoms with van der Waals surface area (Å²) in [7, 11) is -5.48. The highest BCUT2D eigenvalue weighted by molar-refractivity contribution is 7.47. The third kappa shape index (κ3) is 23.6. The van der Waals surface area contributed by atoms with Crippen molar-refractivity contribution < 1.29 is 83.2 Å². The quantitative estimate of drug-likeness (QED) is 0.0373. The molecule has 0 aromatic heterocycles. The van der Waals surface area contributed by atoms with Crippen LogP contribution < -0.4 is 0 Å². The summed E-state index contributed by atoms with van der Waals surface area (Å²) >= 11 is 0. The fourth-order valence-electron chi connectivity index (χ4n) is 7.14. The molecule has 63 heavy (non-hydrogen) atoms. The molecule has 2 heterocycles. The Balaban J connectivity index is 2.29. The minimum absolute atomic E-state index is 0.00443. The Labute approximate surface area is 373 Å². The number of rotatable bonds is 19. The van der Waals surface area contributed by atoms with Gasteiger partial charge in [0.2, 0.25) is 0 Å². The van der Waals surface area contributed by atoms with Gasteiger partial charge >= 0.3 is 19.8 Å². The molecule has 2 rings (SSSR count). The van der Waals surface area contributed by atoms with Crippen molar-refractivity contribution in [1.29, 1.82) is 0 Å². The molecule has 0 amide bonds. The highest BCUT2D eigenvalue weighted by atomic mass is 31.2. The number of aliphatic hydroxyl groups excluding tert-OH is 8. The molecule has 9 N–H and O–H groups in total. The molecule has 0 saturated carbocycles. The molecule has 17 nitrogen and oxygen atoms in total. The molecule has 364 valence electrons. The van der Waals surface area contributed by atoms with Crippen LogP contribution in [0.15, 0.2) is 48.6 Å². The lowest BCUT2D eigenvalue weighted by Gasteiger charge is -2.39. The standard InChI is InChI=1S/C45H77O17P/c1-3-5-7-8-9-10-11-12-13-14-15-16-22-26-38(49)60-33-30-58-37(48)25-21-18-17-20-24-34-35(47)29-39(50)61-36(28-27-32(46)23-19-6-4-2)41(52)43(54)45(44(55)42(53)40(34)51)62-63(56,57)59-31-33/h7-8,10-11,17,20,27-28,32-36,39-47,50-55H,3-6,9,12-16,18-19,21-26,29-31H2,1-2H3,(H,56,57)/b8-7-,11-10-,20-17?,28-27?/t32-,33+,34-,35-,36+,39?,40+,41+,42-,43+,44+,45+/m0/s1. The van der Waals surface area contributed by atoms with Crippen molar-refractivity contribution >= 4 is 19.8 Å². The maximum absolute atomic E-state index is 13.5. The second-order valence-corrected chi connectivity index (χ2v) is 17.8. The van der Waals surface area contributed by atoms with Crippen molar-refractivity contribution in [2.24, 2.45) is 5.92 Å². The molecule has 2 unspecified atom stereocenters. The number of unbranched alkanes of at least 4 members (excludes halogenated alkanes) is 8. The molecule has 1 saturated heterocycles. The van der Waals surface area contributed by atoms with E-state index < -0.39 is 113 Å².